The van der Waals surface area contributed by atoms with E-state index in [2.05, 4.69) is 49.1 Å². The van der Waals surface area contributed by atoms with Crippen molar-refractivity contribution in [1.29, 1.82) is 5.26 Å². The molecule has 206 valence electrons. The molecule has 0 bridgehead atoms. The lowest BCUT2D eigenvalue weighted by atomic mass is 9.91. The fourth-order valence-corrected chi connectivity index (χ4v) is 6.57. The first-order valence-corrected chi connectivity index (χ1v) is 14.3. The Morgan fingerprint density at radius 3 is 2.38 bits per heavy atom. The van der Waals surface area contributed by atoms with E-state index in [9.17, 15) is 15.5 Å². The van der Waals surface area contributed by atoms with E-state index in [1.54, 1.807) is 38.1 Å². The fourth-order valence-electron chi connectivity index (χ4n) is 5.36. The zero-order chi connectivity index (χ0) is 28.0. The molecule has 1 aliphatic heterocycles. The van der Waals surface area contributed by atoms with Gasteiger partial charge in [-0.3, -0.25) is 4.90 Å². The number of aromatic hydroxyl groups is 2. The van der Waals surface area contributed by atoms with E-state index in [-0.39, 0.29) is 17.5 Å². The fraction of sp³-hybridized carbons (Fsp3) is 0.406. The second kappa shape index (κ2) is 12.7. The van der Waals surface area contributed by atoms with Gasteiger partial charge in [-0.25, -0.2) is 0 Å². The van der Waals surface area contributed by atoms with E-state index < -0.39 is 4.75 Å². The number of phenolic OH excluding ortho intramolecular Hbond substituents is 2. The highest BCUT2D eigenvalue weighted by atomic mass is 32.2. The molecule has 0 amide bonds. The van der Waals surface area contributed by atoms with Gasteiger partial charge >= 0.3 is 0 Å². The summed E-state index contributed by atoms with van der Waals surface area (Å²) in [7, 11) is 3.23. The quantitative estimate of drug-likeness (QED) is 0.150. The molecule has 2 unspecified atom stereocenters. The van der Waals surface area contributed by atoms with E-state index >= 15 is 0 Å². The number of rotatable bonds is 11. The first-order chi connectivity index (χ1) is 18.8. The number of hydrogen-bond donors (Lipinski definition) is 2. The average Bonchev–Trinajstić information content (AvgIpc) is 2.95. The summed E-state index contributed by atoms with van der Waals surface area (Å²) in [6.07, 6.45) is 4.50. The third-order valence-corrected chi connectivity index (χ3v) is 9.11. The van der Waals surface area contributed by atoms with Crippen LogP contribution in [0.25, 0.3) is 0 Å². The van der Waals surface area contributed by atoms with Crippen molar-refractivity contribution in [2.45, 2.75) is 61.6 Å². The smallest absolute Gasteiger partial charge is 0.161 e. The van der Waals surface area contributed by atoms with E-state index in [1.165, 1.54) is 5.56 Å². The topological polar surface area (TPSA) is 86.0 Å². The first kappa shape index (κ1) is 28.7. The van der Waals surface area contributed by atoms with Gasteiger partial charge in [0.1, 0.15) is 4.75 Å². The Bertz CT molecular complexity index is 1320. The normalized spacial score (nSPS) is 16.6. The molecule has 0 aromatic heterocycles. The van der Waals surface area contributed by atoms with Gasteiger partial charge < -0.3 is 19.7 Å². The molecule has 0 fully saturated rings. The maximum atomic E-state index is 10.6. The summed E-state index contributed by atoms with van der Waals surface area (Å²) < 4.78 is 10.2. The van der Waals surface area contributed by atoms with Crippen molar-refractivity contribution < 1.29 is 19.7 Å². The average molecular weight is 547 g/mol. The number of nitriles is 1. The molecule has 2 atom stereocenters. The van der Waals surface area contributed by atoms with Crippen LogP contribution >= 0.6 is 11.8 Å². The number of unbranched alkanes of at least 4 members (excludes halogenated alkanes) is 2. The van der Waals surface area contributed by atoms with Crippen LogP contribution in [0.5, 0.6) is 23.0 Å². The van der Waals surface area contributed by atoms with Crippen LogP contribution in [0, 0.1) is 18.3 Å². The molecule has 6 nitrogen and oxygen atoms in total. The molecular formula is C32H38N2O4S. The molecule has 0 saturated heterocycles. The minimum atomic E-state index is -0.758. The number of benzene rings is 3. The number of ether oxygens (including phenoxy) is 2. The number of fused-ring (bicyclic) bond motifs is 1. The van der Waals surface area contributed by atoms with Gasteiger partial charge in [0.2, 0.25) is 0 Å². The molecule has 39 heavy (non-hydrogen) atoms. The summed E-state index contributed by atoms with van der Waals surface area (Å²) in [5.41, 5.74) is 4.30. The SMILES string of the molecule is COc1ccc(C(C#N)(CCCCCN2CCc3cc(O)c(O)cc3C2C)Sc2ccc(C)cc2)cc1OC. The minimum Gasteiger partial charge on any atom is -0.504 e. The second-order valence-corrected chi connectivity index (χ2v) is 11.6. The van der Waals surface area contributed by atoms with Crippen molar-refractivity contribution in [1.82, 2.24) is 4.90 Å². The van der Waals surface area contributed by atoms with E-state index in [4.69, 9.17) is 9.47 Å². The highest BCUT2D eigenvalue weighted by molar-refractivity contribution is 8.00. The second-order valence-electron chi connectivity index (χ2n) is 10.2. The molecule has 0 aliphatic carbocycles. The first-order valence-electron chi connectivity index (χ1n) is 13.5. The standard InChI is InChI=1S/C32H38N2O4S/c1-22-8-11-26(12-9-22)39-32(21-33,25-10-13-30(37-3)31(19-25)38-4)15-6-5-7-16-34-17-14-24-18-28(35)29(36)20-27(24)23(34)2/h8-13,18-20,23,35-36H,5-7,14-17H2,1-4H3. The third kappa shape index (κ3) is 6.46. The number of phenols is 2. The molecule has 0 spiro atoms. The lowest BCUT2D eigenvalue weighted by molar-refractivity contribution is 0.193. The largest absolute Gasteiger partial charge is 0.504 e. The highest BCUT2D eigenvalue weighted by Gasteiger charge is 2.34. The lowest BCUT2D eigenvalue weighted by Crippen LogP contribution is -2.34. The summed E-state index contributed by atoms with van der Waals surface area (Å²) in [4.78, 5) is 3.50. The van der Waals surface area contributed by atoms with Crippen molar-refractivity contribution in [3.05, 3.63) is 76.9 Å². The van der Waals surface area contributed by atoms with Crippen LogP contribution in [0.1, 0.15) is 60.9 Å². The van der Waals surface area contributed by atoms with Crippen molar-refractivity contribution in [3.8, 4) is 29.1 Å². The Morgan fingerprint density at radius 2 is 1.69 bits per heavy atom. The monoisotopic (exact) mass is 546 g/mol. The summed E-state index contributed by atoms with van der Waals surface area (Å²) in [6.45, 7) is 6.10. The van der Waals surface area contributed by atoms with Gasteiger partial charge in [0.05, 0.1) is 20.3 Å². The molecule has 0 saturated carbocycles. The van der Waals surface area contributed by atoms with Crippen LogP contribution < -0.4 is 9.47 Å². The summed E-state index contributed by atoms with van der Waals surface area (Å²) in [5, 5.41) is 30.4. The van der Waals surface area contributed by atoms with Crippen LogP contribution in [0.15, 0.2) is 59.5 Å². The molecule has 3 aromatic carbocycles. The van der Waals surface area contributed by atoms with Gasteiger partial charge in [0.15, 0.2) is 23.0 Å². The van der Waals surface area contributed by atoms with Crippen LogP contribution in [0.3, 0.4) is 0 Å². The summed E-state index contributed by atoms with van der Waals surface area (Å²) in [6, 6.07) is 20.4. The maximum absolute atomic E-state index is 10.6. The van der Waals surface area contributed by atoms with Gasteiger partial charge in [0, 0.05) is 17.5 Å². The van der Waals surface area contributed by atoms with Gasteiger partial charge in [-0.1, -0.05) is 48.4 Å². The number of hydrogen-bond acceptors (Lipinski definition) is 7. The van der Waals surface area contributed by atoms with Crippen LogP contribution in [-0.4, -0.2) is 42.4 Å². The molecule has 4 rings (SSSR count). The van der Waals surface area contributed by atoms with Crippen LogP contribution in [0.4, 0.5) is 0 Å². The Kier molecular flexibility index (Phi) is 9.32. The predicted molar refractivity (Wildman–Crippen MR) is 156 cm³/mol. The Morgan fingerprint density at radius 1 is 0.974 bits per heavy atom. The molecule has 1 aliphatic rings. The highest BCUT2D eigenvalue weighted by Crippen LogP contribution is 2.47. The van der Waals surface area contributed by atoms with Gasteiger partial charge in [-0.15, -0.1) is 0 Å². The third-order valence-electron chi connectivity index (χ3n) is 7.72. The van der Waals surface area contributed by atoms with E-state index in [0.717, 1.165) is 60.4 Å². The number of thioether (sulfide) groups is 1. The number of methoxy groups -OCH3 is 2. The van der Waals surface area contributed by atoms with Gasteiger partial charge in [0.25, 0.3) is 0 Å². The van der Waals surface area contributed by atoms with Gasteiger partial charge in [-0.2, -0.15) is 5.26 Å². The summed E-state index contributed by atoms with van der Waals surface area (Å²) in [5.74, 6) is 1.16. The zero-order valence-corrected chi connectivity index (χ0v) is 24.1. The number of nitrogens with zero attached hydrogens (tertiary/aromatic N) is 2. The Hall–Kier alpha value is -3.34. The molecule has 0 radical (unpaired) electrons. The van der Waals surface area contributed by atoms with Crippen LogP contribution in [0.2, 0.25) is 0 Å². The minimum absolute atomic E-state index is 0.0478. The van der Waals surface area contributed by atoms with Crippen molar-refractivity contribution in [2.75, 3.05) is 27.3 Å². The molecular weight excluding hydrogens is 508 g/mol. The molecule has 2 N–H and O–H groups in total. The molecule has 3 aromatic rings. The number of aryl methyl sites for hydroxylation is 1. The summed E-state index contributed by atoms with van der Waals surface area (Å²) >= 11 is 1.60. The Balaban J connectivity index is 1.44. The van der Waals surface area contributed by atoms with E-state index in [0.29, 0.717) is 17.9 Å². The molecule has 7 heteroatoms. The Labute approximate surface area is 236 Å². The lowest BCUT2D eigenvalue weighted by Gasteiger charge is -2.35. The zero-order valence-electron chi connectivity index (χ0n) is 23.2. The van der Waals surface area contributed by atoms with Crippen LogP contribution in [-0.2, 0) is 11.2 Å². The molecule has 1 heterocycles. The van der Waals surface area contributed by atoms with E-state index in [1.807, 2.05) is 18.2 Å². The van der Waals surface area contributed by atoms with Crippen molar-refractivity contribution in [2.24, 2.45) is 0 Å². The maximum Gasteiger partial charge on any atom is 0.161 e. The van der Waals surface area contributed by atoms with Crippen molar-refractivity contribution in [3.63, 3.8) is 0 Å². The van der Waals surface area contributed by atoms with Crippen molar-refractivity contribution >= 4 is 11.8 Å². The van der Waals surface area contributed by atoms with Gasteiger partial charge in [-0.05, 0) is 92.7 Å². The predicted octanol–water partition coefficient (Wildman–Crippen LogP) is 7.11.